The molecule has 0 spiro atoms. The van der Waals surface area contributed by atoms with Gasteiger partial charge >= 0.3 is 5.97 Å². The molecule has 1 atom stereocenters. The summed E-state index contributed by atoms with van der Waals surface area (Å²) in [7, 11) is 0. The molecule has 1 unspecified atom stereocenters. The van der Waals surface area contributed by atoms with E-state index < -0.39 is 5.97 Å². The molecule has 1 heterocycles. The van der Waals surface area contributed by atoms with Crippen LogP contribution in [0.2, 0.25) is 0 Å². The Hall–Kier alpha value is -2.23. The van der Waals surface area contributed by atoms with E-state index in [0.717, 1.165) is 5.56 Å². The Balaban J connectivity index is 2.08. The quantitative estimate of drug-likeness (QED) is 0.865. The lowest BCUT2D eigenvalue weighted by Gasteiger charge is -2.13. The molecular formula is C14H15NO3. The number of hydrogen-bond acceptors (Lipinski definition) is 3. The molecule has 2 rings (SSSR count). The molecule has 0 saturated carbocycles. The molecule has 0 fully saturated rings. The first kappa shape index (κ1) is 12.2. The van der Waals surface area contributed by atoms with Crippen molar-refractivity contribution in [3.05, 3.63) is 53.3 Å². The zero-order valence-corrected chi connectivity index (χ0v) is 10.3. The normalized spacial score (nSPS) is 12.1. The zero-order valence-electron chi connectivity index (χ0n) is 10.3. The largest absolute Gasteiger partial charge is 0.475 e. The van der Waals surface area contributed by atoms with Crippen LogP contribution in [0.15, 0.2) is 40.8 Å². The van der Waals surface area contributed by atoms with Gasteiger partial charge in [-0.2, -0.15) is 0 Å². The summed E-state index contributed by atoms with van der Waals surface area (Å²) in [5.41, 5.74) is 2.32. The predicted molar refractivity (Wildman–Crippen MR) is 68.9 cm³/mol. The average Bonchev–Trinajstić information content (AvgIpc) is 2.78. The van der Waals surface area contributed by atoms with E-state index in [1.807, 2.05) is 38.1 Å². The van der Waals surface area contributed by atoms with Gasteiger partial charge in [0, 0.05) is 6.07 Å². The third-order valence-corrected chi connectivity index (χ3v) is 2.75. The van der Waals surface area contributed by atoms with E-state index in [0.29, 0.717) is 5.88 Å². The highest BCUT2D eigenvalue weighted by Gasteiger charge is 2.11. The molecule has 2 N–H and O–H groups in total. The second kappa shape index (κ2) is 4.96. The van der Waals surface area contributed by atoms with E-state index >= 15 is 0 Å². The van der Waals surface area contributed by atoms with E-state index in [9.17, 15) is 4.79 Å². The molecule has 0 aliphatic carbocycles. The van der Waals surface area contributed by atoms with E-state index in [1.54, 1.807) is 6.07 Å². The molecule has 0 aliphatic rings. The molecule has 2 aromatic rings. The second-order valence-corrected chi connectivity index (χ2v) is 4.25. The number of furan rings is 1. The van der Waals surface area contributed by atoms with Crippen molar-refractivity contribution in [3.8, 4) is 0 Å². The highest BCUT2D eigenvalue weighted by atomic mass is 16.4. The van der Waals surface area contributed by atoms with Crippen molar-refractivity contribution in [1.29, 1.82) is 0 Å². The fraction of sp³-hybridized carbons (Fsp3) is 0.214. The molecule has 94 valence electrons. The number of hydrogen-bond donors (Lipinski definition) is 2. The topological polar surface area (TPSA) is 62.5 Å². The van der Waals surface area contributed by atoms with Gasteiger partial charge in [0.25, 0.3) is 0 Å². The van der Waals surface area contributed by atoms with Crippen LogP contribution in [0.5, 0.6) is 0 Å². The van der Waals surface area contributed by atoms with Crippen LogP contribution < -0.4 is 5.32 Å². The zero-order chi connectivity index (χ0) is 13.1. The number of carbonyl (C=O) groups is 1. The van der Waals surface area contributed by atoms with Crippen molar-refractivity contribution in [1.82, 2.24) is 0 Å². The summed E-state index contributed by atoms with van der Waals surface area (Å²) in [4.78, 5) is 10.7. The maximum atomic E-state index is 10.7. The SMILES string of the molecule is Cc1ccc(C(C)Nc2ccc(C(=O)O)o2)cc1. The third-order valence-electron chi connectivity index (χ3n) is 2.75. The van der Waals surface area contributed by atoms with Crippen LogP contribution in [-0.2, 0) is 0 Å². The van der Waals surface area contributed by atoms with Crippen LogP contribution in [0.1, 0.15) is 34.6 Å². The minimum Gasteiger partial charge on any atom is -0.475 e. The molecule has 0 radical (unpaired) electrons. The molecule has 18 heavy (non-hydrogen) atoms. The number of nitrogens with one attached hydrogen (secondary N) is 1. The van der Waals surface area contributed by atoms with Gasteiger partial charge in [0.05, 0.1) is 6.04 Å². The first-order chi connectivity index (χ1) is 8.56. The van der Waals surface area contributed by atoms with Crippen LogP contribution in [0.25, 0.3) is 0 Å². The number of carboxylic acid groups (broad SMARTS) is 1. The van der Waals surface area contributed by atoms with Gasteiger partial charge in [-0.15, -0.1) is 0 Å². The van der Waals surface area contributed by atoms with Crippen LogP contribution in [-0.4, -0.2) is 11.1 Å². The molecule has 0 amide bonds. The maximum Gasteiger partial charge on any atom is 0.371 e. The van der Waals surface area contributed by atoms with E-state index in [-0.39, 0.29) is 11.8 Å². The van der Waals surface area contributed by atoms with Crippen molar-refractivity contribution >= 4 is 11.9 Å². The first-order valence-corrected chi connectivity index (χ1v) is 5.72. The molecule has 0 saturated heterocycles. The summed E-state index contributed by atoms with van der Waals surface area (Å²) in [6.45, 7) is 4.03. The van der Waals surface area contributed by atoms with Crippen LogP contribution in [0.4, 0.5) is 5.88 Å². The summed E-state index contributed by atoms with van der Waals surface area (Å²) in [5, 5.41) is 11.9. The third kappa shape index (κ3) is 2.71. The minimum atomic E-state index is -1.06. The van der Waals surface area contributed by atoms with Gasteiger partial charge in [-0.1, -0.05) is 29.8 Å². The molecule has 1 aromatic carbocycles. The van der Waals surface area contributed by atoms with Crippen molar-refractivity contribution in [3.63, 3.8) is 0 Å². The Morgan fingerprint density at radius 1 is 1.22 bits per heavy atom. The van der Waals surface area contributed by atoms with Crippen molar-refractivity contribution in [2.75, 3.05) is 5.32 Å². The van der Waals surface area contributed by atoms with Gasteiger partial charge < -0.3 is 14.8 Å². The van der Waals surface area contributed by atoms with Crippen molar-refractivity contribution in [2.45, 2.75) is 19.9 Å². The summed E-state index contributed by atoms with van der Waals surface area (Å²) < 4.78 is 5.15. The number of aryl methyl sites for hydroxylation is 1. The molecule has 0 bridgehead atoms. The Morgan fingerprint density at radius 3 is 2.44 bits per heavy atom. The number of anilines is 1. The standard InChI is InChI=1S/C14H15NO3/c1-9-3-5-11(6-4-9)10(2)15-13-8-7-12(18-13)14(16)17/h3-8,10,15H,1-2H3,(H,16,17). The fourth-order valence-electron chi connectivity index (χ4n) is 1.68. The summed E-state index contributed by atoms with van der Waals surface area (Å²) in [6, 6.07) is 11.3. The summed E-state index contributed by atoms with van der Waals surface area (Å²) in [6.07, 6.45) is 0. The van der Waals surface area contributed by atoms with Crippen molar-refractivity contribution in [2.24, 2.45) is 0 Å². The van der Waals surface area contributed by atoms with Crippen LogP contribution in [0, 0.1) is 6.92 Å². The molecule has 4 heteroatoms. The first-order valence-electron chi connectivity index (χ1n) is 5.72. The lowest BCUT2D eigenvalue weighted by atomic mass is 10.1. The Kier molecular flexibility index (Phi) is 3.37. The van der Waals surface area contributed by atoms with Gasteiger partial charge in [-0.05, 0) is 25.5 Å². The lowest BCUT2D eigenvalue weighted by molar-refractivity contribution is 0.0663. The van der Waals surface area contributed by atoms with E-state index in [4.69, 9.17) is 9.52 Å². The number of benzene rings is 1. The second-order valence-electron chi connectivity index (χ2n) is 4.25. The Morgan fingerprint density at radius 2 is 1.89 bits per heavy atom. The van der Waals surface area contributed by atoms with Gasteiger partial charge in [0.15, 0.2) is 5.88 Å². The van der Waals surface area contributed by atoms with Crippen LogP contribution >= 0.6 is 0 Å². The molecule has 1 aromatic heterocycles. The maximum absolute atomic E-state index is 10.7. The van der Waals surface area contributed by atoms with Gasteiger partial charge in [0.1, 0.15) is 0 Å². The Bertz CT molecular complexity index is 542. The monoisotopic (exact) mass is 245 g/mol. The summed E-state index contributed by atoms with van der Waals surface area (Å²) in [5.74, 6) is -0.667. The van der Waals surface area contributed by atoms with E-state index in [2.05, 4.69) is 5.32 Å². The molecule has 4 nitrogen and oxygen atoms in total. The molecule has 0 aliphatic heterocycles. The summed E-state index contributed by atoms with van der Waals surface area (Å²) >= 11 is 0. The lowest BCUT2D eigenvalue weighted by Crippen LogP contribution is -2.05. The predicted octanol–water partition coefficient (Wildman–Crippen LogP) is 3.46. The number of rotatable bonds is 4. The number of aromatic carboxylic acids is 1. The minimum absolute atomic E-state index is 0.0541. The number of carboxylic acids is 1. The molecular weight excluding hydrogens is 230 g/mol. The average molecular weight is 245 g/mol. The Labute approximate surface area is 105 Å². The van der Waals surface area contributed by atoms with Crippen molar-refractivity contribution < 1.29 is 14.3 Å². The van der Waals surface area contributed by atoms with E-state index in [1.165, 1.54) is 11.6 Å². The van der Waals surface area contributed by atoms with Gasteiger partial charge in [-0.3, -0.25) is 0 Å². The highest BCUT2D eigenvalue weighted by molar-refractivity contribution is 5.84. The van der Waals surface area contributed by atoms with Gasteiger partial charge in [0.2, 0.25) is 5.76 Å². The fourth-order valence-corrected chi connectivity index (χ4v) is 1.68. The highest BCUT2D eigenvalue weighted by Crippen LogP contribution is 2.21. The van der Waals surface area contributed by atoms with Gasteiger partial charge in [-0.25, -0.2) is 4.79 Å². The van der Waals surface area contributed by atoms with Crippen LogP contribution in [0.3, 0.4) is 0 Å². The smallest absolute Gasteiger partial charge is 0.371 e.